The van der Waals surface area contributed by atoms with Crippen molar-refractivity contribution in [3.63, 3.8) is 0 Å². The van der Waals surface area contributed by atoms with Crippen LogP contribution in [0.3, 0.4) is 0 Å². The molecule has 0 bridgehead atoms. The van der Waals surface area contributed by atoms with Gasteiger partial charge in [0.25, 0.3) is 0 Å². The van der Waals surface area contributed by atoms with Crippen molar-refractivity contribution < 1.29 is 13.2 Å². The lowest BCUT2D eigenvalue weighted by atomic mass is 10.2. The van der Waals surface area contributed by atoms with Gasteiger partial charge in [0.05, 0.1) is 0 Å². The maximum atomic E-state index is 12.3. The van der Waals surface area contributed by atoms with Gasteiger partial charge in [-0.25, -0.2) is 9.97 Å². The molecule has 0 N–H and O–H groups in total. The largest absolute Gasteiger partial charge is 0.433 e. The van der Waals surface area contributed by atoms with E-state index in [9.17, 15) is 13.2 Å². The van der Waals surface area contributed by atoms with E-state index in [-0.39, 0.29) is 16.7 Å². The van der Waals surface area contributed by atoms with Crippen molar-refractivity contribution in [2.24, 2.45) is 0 Å². The van der Waals surface area contributed by atoms with Crippen molar-refractivity contribution in [3.05, 3.63) is 23.3 Å². The van der Waals surface area contributed by atoms with Gasteiger partial charge in [0, 0.05) is 17.1 Å². The topological polar surface area (TPSA) is 25.8 Å². The molecule has 2 nitrogen and oxygen atoms in total. The van der Waals surface area contributed by atoms with Gasteiger partial charge in [-0.2, -0.15) is 13.2 Å². The van der Waals surface area contributed by atoms with Gasteiger partial charge in [-0.05, 0) is 6.92 Å². The molecule has 0 unspecified atom stereocenters. The molecule has 0 fully saturated rings. The number of aromatic nitrogens is 2. The van der Waals surface area contributed by atoms with Gasteiger partial charge >= 0.3 is 6.18 Å². The molecule has 0 aliphatic carbocycles. The summed E-state index contributed by atoms with van der Waals surface area (Å²) in [6, 6.07) is 0. The number of alkyl halides is 4. The van der Waals surface area contributed by atoms with Crippen molar-refractivity contribution >= 4 is 15.9 Å². The first-order chi connectivity index (χ1) is 5.95. The van der Waals surface area contributed by atoms with Crippen molar-refractivity contribution in [2.45, 2.75) is 18.4 Å². The Morgan fingerprint density at radius 1 is 1.46 bits per heavy atom. The minimum absolute atomic E-state index is 0.0538. The van der Waals surface area contributed by atoms with Crippen LogP contribution in [0, 0.1) is 6.92 Å². The third-order valence-corrected chi connectivity index (χ3v) is 2.00. The first kappa shape index (κ1) is 10.4. The van der Waals surface area contributed by atoms with Crippen LogP contribution in [0.4, 0.5) is 13.2 Å². The number of halogens is 4. The van der Waals surface area contributed by atoms with Gasteiger partial charge in [-0.15, -0.1) is 0 Å². The number of rotatable bonds is 1. The third-order valence-electron chi connectivity index (χ3n) is 1.40. The SMILES string of the molecule is Cc1ncc(CBr)c(C(F)(F)F)n1. The van der Waals surface area contributed by atoms with Crippen LogP contribution in [0.2, 0.25) is 0 Å². The Hall–Kier alpha value is -0.650. The molecular formula is C7H6BrF3N2. The first-order valence-corrected chi connectivity index (χ1v) is 4.53. The highest BCUT2D eigenvalue weighted by atomic mass is 79.9. The Bertz CT molecular complexity index is 311. The molecule has 0 radical (unpaired) electrons. The summed E-state index contributed by atoms with van der Waals surface area (Å²) in [6.07, 6.45) is -3.23. The summed E-state index contributed by atoms with van der Waals surface area (Å²) in [6.45, 7) is 1.42. The van der Waals surface area contributed by atoms with E-state index < -0.39 is 11.9 Å². The fourth-order valence-corrected chi connectivity index (χ4v) is 1.25. The Morgan fingerprint density at radius 2 is 2.08 bits per heavy atom. The molecule has 0 aromatic carbocycles. The smallest absolute Gasteiger partial charge is 0.241 e. The first-order valence-electron chi connectivity index (χ1n) is 3.41. The van der Waals surface area contributed by atoms with Gasteiger partial charge in [0.2, 0.25) is 0 Å². The summed E-state index contributed by atoms with van der Waals surface area (Å²) in [7, 11) is 0. The number of aryl methyl sites for hydroxylation is 1. The maximum Gasteiger partial charge on any atom is 0.433 e. The second-order valence-corrected chi connectivity index (χ2v) is 2.98. The molecule has 1 heterocycles. The van der Waals surface area contributed by atoms with E-state index in [2.05, 4.69) is 25.9 Å². The molecule has 0 atom stereocenters. The number of hydrogen-bond acceptors (Lipinski definition) is 2. The molecule has 72 valence electrons. The fourth-order valence-electron chi connectivity index (χ4n) is 0.838. The highest BCUT2D eigenvalue weighted by Crippen LogP contribution is 2.30. The van der Waals surface area contributed by atoms with Crippen LogP contribution >= 0.6 is 15.9 Å². The van der Waals surface area contributed by atoms with E-state index in [4.69, 9.17) is 0 Å². The standard InChI is InChI=1S/C7H6BrF3N2/c1-4-12-3-5(2-8)6(13-4)7(9,10)11/h3H,2H2,1H3. The quantitative estimate of drug-likeness (QED) is 0.721. The molecule has 1 aromatic heterocycles. The molecule has 0 aliphatic rings. The number of hydrogen-bond donors (Lipinski definition) is 0. The molecule has 13 heavy (non-hydrogen) atoms. The predicted molar refractivity (Wildman–Crippen MR) is 44.4 cm³/mol. The molecule has 0 spiro atoms. The van der Waals surface area contributed by atoms with Crippen LogP contribution in [-0.4, -0.2) is 9.97 Å². The van der Waals surface area contributed by atoms with Gasteiger partial charge < -0.3 is 0 Å². The Morgan fingerprint density at radius 3 is 2.54 bits per heavy atom. The minimum Gasteiger partial charge on any atom is -0.241 e. The monoisotopic (exact) mass is 254 g/mol. The molecule has 1 rings (SSSR count). The minimum atomic E-state index is -4.41. The normalized spacial score (nSPS) is 11.8. The second kappa shape index (κ2) is 3.61. The van der Waals surface area contributed by atoms with Crippen LogP contribution in [0.1, 0.15) is 17.1 Å². The summed E-state index contributed by atoms with van der Waals surface area (Å²) in [4.78, 5) is 7.03. The van der Waals surface area contributed by atoms with Crippen molar-refractivity contribution in [3.8, 4) is 0 Å². The Labute approximate surface area is 81.3 Å². The van der Waals surface area contributed by atoms with E-state index in [1.807, 2.05) is 0 Å². The highest BCUT2D eigenvalue weighted by molar-refractivity contribution is 9.08. The van der Waals surface area contributed by atoms with E-state index in [1.165, 1.54) is 13.1 Å². The highest BCUT2D eigenvalue weighted by Gasteiger charge is 2.35. The zero-order valence-corrected chi connectivity index (χ0v) is 8.28. The summed E-state index contributed by atoms with van der Waals surface area (Å²) in [5.74, 6) is 0.122. The van der Waals surface area contributed by atoms with E-state index in [0.29, 0.717) is 0 Å². The van der Waals surface area contributed by atoms with Gasteiger partial charge in [-0.1, -0.05) is 15.9 Å². The van der Waals surface area contributed by atoms with Crippen LogP contribution in [0.15, 0.2) is 6.20 Å². The fraction of sp³-hybridized carbons (Fsp3) is 0.429. The van der Waals surface area contributed by atoms with Crippen LogP contribution < -0.4 is 0 Å². The zero-order valence-electron chi connectivity index (χ0n) is 6.69. The van der Waals surface area contributed by atoms with Gasteiger partial charge in [0.15, 0.2) is 5.69 Å². The molecule has 0 saturated heterocycles. The molecule has 1 aromatic rings. The lowest BCUT2D eigenvalue weighted by molar-refractivity contribution is -0.141. The molecule has 6 heteroatoms. The molecule has 0 aliphatic heterocycles. The predicted octanol–water partition coefficient (Wildman–Crippen LogP) is 2.70. The van der Waals surface area contributed by atoms with Crippen molar-refractivity contribution in [1.82, 2.24) is 9.97 Å². The van der Waals surface area contributed by atoms with E-state index >= 15 is 0 Å². The van der Waals surface area contributed by atoms with Crippen LogP contribution in [0.5, 0.6) is 0 Å². The van der Waals surface area contributed by atoms with Gasteiger partial charge in [-0.3, -0.25) is 0 Å². The van der Waals surface area contributed by atoms with Gasteiger partial charge in [0.1, 0.15) is 5.82 Å². The molecule has 0 amide bonds. The second-order valence-electron chi connectivity index (χ2n) is 2.42. The zero-order chi connectivity index (χ0) is 10.1. The van der Waals surface area contributed by atoms with Crippen LogP contribution in [0.25, 0.3) is 0 Å². The van der Waals surface area contributed by atoms with Crippen LogP contribution in [-0.2, 0) is 11.5 Å². The lowest BCUT2D eigenvalue weighted by Crippen LogP contribution is -2.13. The average molecular weight is 255 g/mol. The van der Waals surface area contributed by atoms with Crippen molar-refractivity contribution in [1.29, 1.82) is 0 Å². The van der Waals surface area contributed by atoms with E-state index in [0.717, 1.165) is 0 Å². The summed E-state index contributed by atoms with van der Waals surface area (Å²) < 4.78 is 36.9. The Kier molecular flexibility index (Phi) is 2.90. The lowest BCUT2D eigenvalue weighted by Gasteiger charge is -2.09. The number of nitrogens with zero attached hydrogens (tertiary/aromatic N) is 2. The summed E-state index contributed by atoms with van der Waals surface area (Å²) in [5.41, 5.74) is -0.810. The third kappa shape index (κ3) is 2.40. The van der Waals surface area contributed by atoms with E-state index in [1.54, 1.807) is 0 Å². The molecule has 0 saturated carbocycles. The maximum absolute atomic E-state index is 12.3. The Balaban J connectivity index is 3.24. The summed E-state index contributed by atoms with van der Waals surface area (Å²) >= 11 is 2.95. The average Bonchev–Trinajstić information content (AvgIpc) is 2.03. The van der Waals surface area contributed by atoms with Crippen molar-refractivity contribution in [2.75, 3.05) is 0 Å². The molecular weight excluding hydrogens is 249 g/mol. The summed E-state index contributed by atoms with van der Waals surface area (Å²) in [5, 5.41) is 0.0993.